The number of nitrogens with one attached hydrogen (secondary N) is 1. The lowest BCUT2D eigenvalue weighted by molar-refractivity contribution is 0.683. The van der Waals surface area contributed by atoms with E-state index in [0.717, 1.165) is 41.2 Å². The van der Waals surface area contributed by atoms with Crippen LogP contribution in [0.4, 0.5) is 10.9 Å². The molecule has 0 radical (unpaired) electrons. The van der Waals surface area contributed by atoms with E-state index in [-0.39, 0.29) is 0 Å². The third-order valence-corrected chi connectivity index (χ3v) is 3.85. The molecule has 20 heavy (non-hydrogen) atoms. The van der Waals surface area contributed by atoms with Crippen LogP contribution >= 0.6 is 11.3 Å². The van der Waals surface area contributed by atoms with Gasteiger partial charge in [-0.3, -0.25) is 4.68 Å². The summed E-state index contributed by atoms with van der Waals surface area (Å²) in [6.07, 6.45) is 5.99. The molecule has 7 nitrogen and oxygen atoms in total. The quantitative estimate of drug-likeness (QED) is 0.740. The first-order chi connectivity index (χ1) is 9.78. The van der Waals surface area contributed by atoms with Crippen LogP contribution in [0.2, 0.25) is 0 Å². The number of anilines is 2. The molecule has 3 rings (SSSR count). The Morgan fingerprint density at radius 1 is 1.30 bits per heavy atom. The molecule has 3 aromatic heterocycles. The predicted molar refractivity (Wildman–Crippen MR) is 79.7 cm³/mol. The van der Waals surface area contributed by atoms with E-state index in [0.29, 0.717) is 5.13 Å². The Balaban J connectivity index is 1.75. The van der Waals surface area contributed by atoms with Gasteiger partial charge in [-0.05, 0) is 6.92 Å². The Kier molecular flexibility index (Phi) is 3.46. The first-order valence-electron chi connectivity index (χ1n) is 6.38. The van der Waals surface area contributed by atoms with E-state index in [1.807, 2.05) is 17.8 Å². The number of rotatable bonds is 5. The van der Waals surface area contributed by atoms with Gasteiger partial charge in [0.1, 0.15) is 17.4 Å². The van der Waals surface area contributed by atoms with Crippen molar-refractivity contribution in [3.63, 3.8) is 0 Å². The van der Waals surface area contributed by atoms with Crippen molar-refractivity contribution in [2.75, 3.05) is 17.6 Å². The molecule has 104 valence electrons. The lowest BCUT2D eigenvalue weighted by Gasteiger charge is -2.07. The maximum Gasteiger partial charge on any atom is 0.180 e. The Hall–Kier alpha value is -2.22. The molecule has 8 heteroatoms. The SMILES string of the molecule is CCn1ncc2ncnc(NCCc3cnc(N)s3)c21. The van der Waals surface area contributed by atoms with E-state index in [1.54, 1.807) is 12.5 Å². The fourth-order valence-electron chi connectivity index (χ4n) is 2.03. The van der Waals surface area contributed by atoms with Crippen molar-refractivity contribution < 1.29 is 0 Å². The van der Waals surface area contributed by atoms with Gasteiger partial charge in [0.05, 0.1) is 6.20 Å². The van der Waals surface area contributed by atoms with Crippen molar-refractivity contribution in [2.24, 2.45) is 0 Å². The van der Waals surface area contributed by atoms with Crippen LogP contribution in [-0.2, 0) is 13.0 Å². The van der Waals surface area contributed by atoms with Gasteiger partial charge < -0.3 is 11.1 Å². The zero-order chi connectivity index (χ0) is 13.9. The number of thiazole rings is 1. The topological polar surface area (TPSA) is 94.5 Å². The van der Waals surface area contributed by atoms with Gasteiger partial charge >= 0.3 is 0 Å². The van der Waals surface area contributed by atoms with Crippen LogP contribution in [0.1, 0.15) is 11.8 Å². The molecule has 0 atom stereocenters. The molecule has 0 spiro atoms. The number of aromatic nitrogens is 5. The largest absolute Gasteiger partial charge is 0.375 e. The summed E-state index contributed by atoms with van der Waals surface area (Å²) in [4.78, 5) is 13.7. The van der Waals surface area contributed by atoms with E-state index >= 15 is 0 Å². The van der Waals surface area contributed by atoms with E-state index in [1.165, 1.54) is 11.3 Å². The van der Waals surface area contributed by atoms with Gasteiger partial charge in [-0.1, -0.05) is 0 Å². The van der Waals surface area contributed by atoms with Gasteiger partial charge in [0, 0.05) is 30.6 Å². The zero-order valence-electron chi connectivity index (χ0n) is 11.1. The molecule has 0 aliphatic carbocycles. The number of nitrogens with zero attached hydrogens (tertiary/aromatic N) is 5. The summed E-state index contributed by atoms with van der Waals surface area (Å²) >= 11 is 1.51. The normalized spacial score (nSPS) is 11.1. The van der Waals surface area contributed by atoms with Crippen molar-refractivity contribution in [1.82, 2.24) is 24.7 Å². The molecule has 3 N–H and O–H groups in total. The summed E-state index contributed by atoms with van der Waals surface area (Å²) in [6.45, 7) is 3.60. The van der Waals surface area contributed by atoms with Crippen molar-refractivity contribution >= 4 is 33.3 Å². The molecule has 0 saturated carbocycles. The Morgan fingerprint density at radius 2 is 2.20 bits per heavy atom. The number of nitrogens with two attached hydrogens (primary N) is 1. The van der Waals surface area contributed by atoms with Gasteiger partial charge in [0.2, 0.25) is 0 Å². The highest BCUT2D eigenvalue weighted by atomic mass is 32.1. The summed E-state index contributed by atoms with van der Waals surface area (Å²) in [5.41, 5.74) is 7.41. The van der Waals surface area contributed by atoms with Gasteiger partial charge in [0.25, 0.3) is 0 Å². The third-order valence-electron chi connectivity index (χ3n) is 2.96. The maximum absolute atomic E-state index is 5.61. The van der Waals surface area contributed by atoms with Crippen molar-refractivity contribution in [1.29, 1.82) is 0 Å². The Labute approximate surface area is 119 Å². The number of aryl methyl sites for hydroxylation is 1. The first-order valence-corrected chi connectivity index (χ1v) is 7.20. The van der Waals surface area contributed by atoms with Crippen molar-refractivity contribution in [3.8, 4) is 0 Å². The minimum absolute atomic E-state index is 0.605. The van der Waals surface area contributed by atoms with Crippen LogP contribution in [0, 0.1) is 0 Å². The molecule has 0 aliphatic heterocycles. The monoisotopic (exact) mass is 289 g/mol. The summed E-state index contributed by atoms with van der Waals surface area (Å²) in [7, 11) is 0. The molecule has 3 heterocycles. The van der Waals surface area contributed by atoms with Gasteiger partial charge in [-0.25, -0.2) is 15.0 Å². The molecule has 0 bridgehead atoms. The standard InChI is InChI=1S/C12H15N7S/c1-2-19-10-9(6-18-19)16-7-17-11(10)14-4-3-8-5-15-12(13)20-8/h5-7H,2-4H2,1H3,(H2,13,15)(H,14,16,17). The summed E-state index contributed by atoms with van der Waals surface area (Å²) in [5, 5.41) is 8.23. The Bertz CT molecular complexity index is 717. The number of hydrogen-bond acceptors (Lipinski definition) is 7. The minimum Gasteiger partial charge on any atom is -0.375 e. The van der Waals surface area contributed by atoms with Crippen molar-refractivity contribution in [2.45, 2.75) is 19.9 Å². The number of hydrogen-bond donors (Lipinski definition) is 2. The van der Waals surface area contributed by atoms with E-state index < -0.39 is 0 Å². The third kappa shape index (κ3) is 2.42. The first kappa shape index (κ1) is 12.8. The highest BCUT2D eigenvalue weighted by Gasteiger charge is 2.09. The lowest BCUT2D eigenvalue weighted by atomic mass is 10.3. The molecule has 0 aliphatic rings. The molecule has 0 fully saturated rings. The smallest absolute Gasteiger partial charge is 0.180 e. The van der Waals surface area contributed by atoms with Gasteiger partial charge in [-0.15, -0.1) is 11.3 Å². The average molecular weight is 289 g/mol. The van der Waals surface area contributed by atoms with Crippen LogP contribution in [0.3, 0.4) is 0 Å². The van der Waals surface area contributed by atoms with Crippen LogP contribution in [0.15, 0.2) is 18.7 Å². The van der Waals surface area contributed by atoms with Crippen LogP contribution in [0.5, 0.6) is 0 Å². The second-order valence-corrected chi connectivity index (χ2v) is 5.40. The summed E-state index contributed by atoms with van der Waals surface area (Å²) < 4.78 is 1.89. The molecule has 3 aromatic rings. The highest BCUT2D eigenvalue weighted by molar-refractivity contribution is 7.15. The van der Waals surface area contributed by atoms with Gasteiger partial charge in [0.15, 0.2) is 10.9 Å². The highest BCUT2D eigenvalue weighted by Crippen LogP contribution is 2.19. The molecule has 0 amide bonds. The molecular formula is C12H15N7S. The van der Waals surface area contributed by atoms with Crippen LogP contribution in [-0.4, -0.2) is 31.3 Å². The Morgan fingerprint density at radius 3 is 2.95 bits per heavy atom. The minimum atomic E-state index is 0.605. The molecule has 0 unspecified atom stereocenters. The van der Waals surface area contributed by atoms with E-state index in [2.05, 4.69) is 25.4 Å². The fourth-order valence-corrected chi connectivity index (χ4v) is 2.72. The fraction of sp³-hybridized carbons (Fsp3) is 0.333. The second-order valence-electron chi connectivity index (χ2n) is 4.26. The zero-order valence-corrected chi connectivity index (χ0v) is 11.9. The second kappa shape index (κ2) is 5.41. The lowest BCUT2D eigenvalue weighted by Crippen LogP contribution is -2.08. The van der Waals surface area contributed by atoms with E-state index in [4.69, 9.17) is 5.73 Å². The number of fused-ring (bicyclic) bond motifs is 1. The molecule has 0 aromatic carbocycles. The van der Waals surface area contributed by atoms with Crippen LogP contribution < -0.4 is 11.1 Å². The van der Waals surface area contributed by atoms with Gasteiger partial charge in [-0.2, -0.15) is 5.10 Å². The van der Waals surface area contributed by atoms with Crippen LogP contribution in [0.25, 0.3) is 11.0 Å². The predicted octanol–water partition coefficient (Wildman–Crippen LogP) is 1.54. The van der Waals surface area contributed by atoms with E-state index in [9.17, 15) is 0 Å². The molecule has 0 saturated heterocycles. The molecular weight excluding hydrogens is 274 g/mol. The average Bonchev–Trinajstić information content (AvgIpc) is 3.05. The number of nitrogen functional groups attached to an aromatic ring is 1. The maximum atomic E-state index is 5.61. The summed E-state index contributed by atoms with van der Waals surface area (Å²) in [5.74, 6) is 0.812. The van der Waals surface area contributed by atoms with Crippen molar-refractivity contribution in [3.05, 3.63) is 23.6 Å². The summed E-state index contributed by atoms with van der Waals surface area (Å²) in [6, 6.07) is 0.